The van der Waals surface area contributed by atoms with Crippen molar-refractivity contribution in [3.63, 3.8) is 0 Å². The molecule has 0 aromatic heterocycles. The van der Waals surface area contributed by atoms with Crippen molar-refractivity contribution in [2.75, 3.05) is 7.05 Å². The zero-order valence-electron chi connectivity index (χ0n) is 11.7. The van der Waals surface area contributed by atoms with E-state index < -0.39 is 0 Å². The van der Waals surface area contributed by atoms with Crippen LogP contribution < -0.4 is 5.73 Å². The predicted molar refractivity (Wildman–Crippen MR) is 82.9 cm³/mol. The molecule has 0 radical (unpaired) electrons. The standard InChI is InChI=1S/C15H20Cl2N2O/c1-19(10-11-6-12(16)8-13(17)7-11)14(20)9-15(18)4-2-3-5-15/h6-8H,2-5,9-10,18H2,1H3. The second-order valence-corrected chi connectivity index (χ2v) is 6.65. The molecule has 1 aromatic rings. The van der Waals surface area contributed by atoms with E-state index in [-0.39, 0.29) is 11.4 Å². The van der Waals surface area contributed by atoms with Crippen LogP contribution in [0.1, 0.15) is 37.7 Å². The molecule has 1 fully saturated rings. The Balaban J connectivity index is 1.96. The van der Waals surface area contributed by atoms with Crippen LogP contribution in [0.3, 0.4) is 0 Å². The van der Waals surface area contributed by atoms with Crippen LogP contribution in [0.5, 0.6) is 0 Å². The van der Waals surface area contributed by atoms with E-state index in [0.717, 1.165) is 31.2 Å². The maximum atomic E-state index is 12.3. The first-order valence-corrected chi connectivity index (χ1v) is 7.61. The number of amides is 1. The van der Waals surface area contributed by atoms with Gasteiger partial charge in [0.1, 0.15) is 0 Å². The molecule has 0 spiro atoms. The summed E-state index contributed by atoms with van der Waals surface area (Å²) in [5, 5.41) is 1.17. The molecular formula is C15H20Cl2N2O. The average molecular weight is 315 g/mol. The molecule has 1 saturated carbocycles. The van der Waals surface area contributed by atoms with E-state index in [0.29, 0.717) is 23.0 Å². The van der Waals surface area contributed by atoms with Crippen LogP contribution in [0.15, 0.2) is 18.2 Å². The van der Waals surface area contributed by atoms with Gasteiger partial charge in [-0.25, -0.2) is 0 Å². The molecule has 0 saturated heterocycles. The minimum absolute atomic E-state index is 0.0745. The maximum absolute atomic E-state index is 12.3. The highest BCUT2D eigenvalue weighted by Crippen LogP contribution is 2.30. The predicted octanol–water partition coefficient (Wildman–Crippen LogP) is 3.61. The first-order chi connectivity index (χ1) is 9.38. The van der Waals surface area contributed by atoms with Gasteiger partial charge in [0.2, 0.25) is 5.91 Å². The summed E-state index contributed by atoms with van der Waals surface area (Å²) in [5.41, 5.74) is 6.87. The van der Waals surface area contributed by atoms with E-state index in [1.807, 2.05) is 12.1 Å². The number of nitrogens with two attached hydrogens (primary N) is 1. The van der Waals surface area contributed by atoms with Crippen molar-refractivity contribution in [1.82, 2.24) is 4.90 Å². The molecule has 2 rings (SSSR count). The normalized spacial score (nSPS) is 17.2. The molecule has 1 amide bonds. The number of nitrogens with zero attached hydrogens (tertiary/aromatic N) is 1. The zero-order chi connectivity index (χ0) is 14.8. The van der Waals surface area contributed by atoms with Gasteiger partial charge in [-0.05, 0) is 36.6 Å². The third-order valence-corrected chi connectivity index (χ3v) is 4.31. The minimum Gasteiger partial charge on any atom is -0.341 e. The summed E-state index contributed by atoms with van der Waals surface area (Å²) in [6.07, 6.45) is 4.54. The van der Waals surface area contributed by atoms with Crippen molar-refractivity contribution >= 4 is 29.1 Å². The third kappa shape index (κ3) is 4.11. The van der Waals surface area contributed by atoms with Crippen LogP contribution in [0.4, 0.5) is 0 Å². The smallest absolute Gasteiger partial charge is 0.224 e. The second-order valence-electron chi connectivity index (χ2n) is 5.77. The lowest BCUT2D eigenvalue weighted by atomic mass is 9.94. The number of hydrogen-bond acceptors (Lipinski definition) is 2. The summed E-state index contributed by atoms with van der Waals surface area (Å²) in [5.74, 6) is 0.0745. The fourth-order valence-electron chi connectivity index (χ4n) is 2.76. The lowest BCUT2D eigenvalue weighted by Gasteiger charge is -2.26. The molecule has 0 aliphatic heterocycles. The van der Waals surface area contributed by atoms with Crippen LogP contribution in [-0.4, -0.2) is 23.4 Å². The molecule has 0 unspecified atom stereocenters. The van der Waals surface area contributed by atoms with Crippen molar-refractivity contribution in [3.8, 4) is 0 Å². The van der Waals surface area contributed by atoms with Gasteiger partial charge in [-0.3, -0.25) is 4.79 Å². The Morgan fingerprint density at radius 1 is 1.25 bits per heavy atom. The molecule has 5 heteroatoms. The Morgan fingerprint density at radius 2 is 1.80 bits per heavy atom. The molecule has 0 bridgehead atoms. The SMILES string of the molecule is CN(Cc1cc(Cl)cc(Cl)c1)C(=O)CC1(N)CCCC1. The summed E-state index contributed by atoms with van der Waals surface area (Å²) >= 11 is 11.9. The van der Waals surface area contributed by atoms with Crippen LogP contribution in [0.2, 0.25) is 10.0 Å². The van der Waals surface area contributed by atoms with E-state index in [9.17, 15) is 4.79 Å². The Hall–Kier alpha value is -0.770. The quantitative estimate of drug-likeness (QED) is 0.922. The molecule has 1 aliphatic carbocycles. The topological polar surface area (TPSA) is 46.3 Å². The molecule has 1 aliphatic rings. The Kier molecular flexibility index (Phi) is 4.95. The number of benzene rings is 1. The van der Waals surface area contributed by atoms with Gasteiger partial charge in [0.15, 0.2) is 0 Å². The number of carbonyl (C=O) groups is 1. The van der Waals surface area contributed by atoms with Gasteiger partial charge in [-0.15, -0.1) is 0 Å². The van der Waals surface area contributed by atoms with Gasteiger partial charge in [0.25, 0.3) is 0 Å². The minimum atomic E-state index is -0.308. The second kappa shape index (κ2) is 6.33. The van der Waals surface area contributed by atoms with Gasteiger partial charge in [-0.1, -0.05) is 36.0 Å². The van der Waals surface area contributed by atoms with Crippen LogP contribution in [0.25, 0.3) is 0 Å². The number of hydrogen-bond donors (Lipinski definition) is 1. The molecular weight excluding hydrogens is 295 g/mol. The summed E-state index contributed by atoms with van der Waals surface area (Å²) < 4.78 is 0. The number of carbonyl (C=O) groups excluding carboxylic acids is 1. The monoisotopic (exact) mass is 314 g/mol. The highest BCUT2D eigenvalue weighted by Gasteiger charge is 2.32. The molecule has 20 heavy (non-hydrogen) atoms. The van der Waals surface area contributed by atoms with E-state index in [1.54, 1.807) is 18.0 Å². The Labute approximate surface area is 130 Å². The molecule has 0 atom stereocenters. The number of halogens is 2. The van der Waals surface area contributed by atoms with Crippen molar-refractivity contribution < 1.29 is 4.79 Å². The largest absolute Gasteiger partial charge is 0.341 e. The molecule has 110 valence electrons. The summed E-state index contributed by atoms with van der Waals surface area (Å²) in [6, 6.07) is 5.33. The van der Waals surface area contributed by atoms with E-state index in [2.05, 4.69) is 0 Å². The molecule has 1 aromatic carbocycles. The fourth-order valence-corrected chi connectivity index (χ4v) is 3.33. The van der Waals surface area contributed by atoms with Crippen LogP contribution >= 0.6 is 23.2 Å². The van der Waals surface area contributed by atoms with E-state index >= 15 is 0 Å². The van der Waals surface area contributed by atoms with Crippen molar-refractivity contribution in [1.29, 1.82) is 0 Å². The van der Waals surface area contributed by atoms with Gasteiger partial charge in [-0.2, -0.15) is 0 Å². The van der Waals surface area contributed by atoms with Gasteiger partial charge in [0.05, 0.1) is 0 Å². The van der Waals surface area contributed by atoms with Crippen LogP contribution in [0, 0.1) is 0 Å². The number of rotatable bonds is 4. The van der Waals surface area contributed by atoms with E-state index in [1.165, 1.54) is 0 Å². The van der Waals surface area contributed by atoms with Crippen molar-refractivity contribution in [2.45, 2.75) is 44.2 Å². The fraction of sp³-hybridized carbons (Fsp3) is 0.533. The highest BCUT2D eigenvalue weighted by molar-refractivity contribution is 6.34. The average Bonchev–Trinajstić information content (AvgIpc) is 2.74. The Morgan fingerprint density at radius 3 is 2.35 bits per heavy atom. The summed E-state index contributed by atoms with van der Waals surface area (Å²) in [7, 11) is 1.79. The Bertz CT molecular complexity index is 478. The third-order valence-electron chi connectivity index (χ3n) is 3.87. The summed E-state index contributed by atoms with van der Waals surface area (Å²) in [4.78, 5) is 13.9. The lowest BCUT2D eigenvalue weighted by molar-refractivity contribution is -0.131. The first kappa shape index (κ1) is 15.6. The lowest BCUT2D eigenvalue weighted by Crippen LogP contribution is -2.42. The van der Waals surface area contributed by atoms with Crippen LogP contribution in [-0.2, 0) is 11.3 Å². The highest BCUT2D eigenvalue weighted by atomic mass is 35.5. The van der Waals surface area contributed by atoms with Gasteiger partial charge in [0, 0.05) is 35.6 Å². The van der Waals surface area contributed by atoms with Crippen molar-refractivity contribution in [2.24, 2.45) is 5.73 Å². The molecule has 0 heterocycles. The molecule has 3 nitrogen and oxygen atoms in total. The first-order valence-electron chi connectivity index (χ1n) is 6.86. The van der Waals surface area contributed by atoms with E-state index in [4.69, 9.17) is 28.9 Å². The summed E-state index contributed by atoms with van der Waals surface area (Å²) in [6.45, 7) is 0.495. The maximum Gasteiger partial charge on any atom is 0.224 e. The zero-order valence-corrected chi connectivity index (χ0v) is 13.2. The molecule has 2 N–H and O–H groups in total. The van der Waals surface area contributed by atoms with Crippen molar-refractivity contribution in [3.05, 3.63) is 33.8 Å². The van der Waals surface area contributed by atoms with Gasteiger partial charge < -0.3 is 10.6 Å². The van der Waals surface area contributed by atoms with Gasteiger partial charge >= 0.3 is 0 Å².